The van der Waals surface area contributed by atoms with Crippen molar-refractivity contribution in [1.29, 1.82) is 0 Å². The van der Waals surface area contributed by atoms with Gasteiger partial charge in [0.15, 0.2) is 5.69 Å². The summed E-state index contributed by atoms with van der Waals surface area (Å²) in [4.78, 5) is 12.1. The van der Waals surface area contributed by atoms with Gasteiger partial charge in [0.25, 0.3) is 6.43 Å². The summed E-state index contributed by atoms with van der Waals surface area (Å²) in [6, 6.07) is 4.62. The Morgan fingerprint density at radius 2 is 1.96 bits per heavy atom. The number of aryl methyl sites for hydroxylation is 1. The molecule has 2 heterocycles. The van der Waals surface area contributed by atoms with Crippen LogP contribution in [-0.2, 0) is 24.6 Å². The number of rotatable bonds is 5. The molecule has 0 saturated heterocycles. The highest BCUT2D eigenvalue weighted by atomic mass is 19.4. The Balaban J connectivity index is 1.77. The molecule has 0 saturated carbocycles. The second-order valence-electron chi connectivity index (χ2n) is 5.62. The zero-order valence-electron chi connectivity index (χ0n) is 14.2. The maximum atomic E-state index is 13.1. The summed E-state index contributed by atoms with van der Waals surface area (Å²) in [6.45, 7) is -0.502. The number of carbonyl (C=O) groups is 1. The van der Waals surface area contributed by atoms with Crippen molar-refractivity contribution in [3.63, 3.8) is 0 Å². The van der Waals surface area contributed by atoms with E-state index in [4.69, 9.17) is 4.74 Å². The largest absolute Gasteiger partial charge is 0.456 e. The van der Waals surface area contributed by atoms with Crippen LogP contribution in [0.25, 0.3) is 5.69 Å². The highest BCUT2D eigenvalue weighted by Gasteiger charge is 2.34. The molecule has 0 amide bonds. The number of aromatic nitrogens is 5. The standard InChI is InChI=1S/C16H12F5N5O2/c1-25-13(14(17)18)9(6-22-25)8-28-15(27)11-7-26(24-23-11)12-5-3-2-4-10(12)16(19,20)21/h2-7,14H,8H2,1H3. The van der Waals surface area contributed by atoms with Gasteiger partial charge in [0.2, 0.25) is 0 Å². The maximum Gasteiger partial charge on any atom is 0.418 e. The first-order valence-electron chi connectivity index (χ1n) is 7.73. The Labute approximate surface area is 154 Å². The smallest absolute Gasteiger partial charge is 0.418 e. The summed E-state index contributed by atoms with van der Waals surface area (Å²) in [6.07, 6.45) is -5.36. The Hall–Kier alpha value is -3.31. The lowest BCUT2D eigenvalue weighted by Gasteiger charge is -2.11. The van der Waals surface area contributed by atoms with Crippen LogP contribution in [0.5, 0.6) is 0 Å². The Bertz CT molecular complexity index is 995. The molecule has 0 aliphatic carbocycles. The van der Waals surface area contributed by atoms with Gasteiger partial charge in [-0.1, -0.05) is 17.3 Å². The molecule has 0 spiro atoms. The normalized spacial score (nSPS) is 11.8. The molecule has 0 fully saturated rings. The fraction of sp³-hybridized carbons (Fsp3) is 0.250. The molecule has 12 heteroatoms. The number of hydrogen-bond acceptors (Lipinski definition) is 5. The second-order valence-corrected chi connectivity index (χ2v) is 5.62. The predicted octanol–water partition coefficient (Wildman–Crippen LogP) is 3.31. The fourth-order valence-corrected chi connectivity index (χ4v) is 2.49. The molecule has 0 aliphatic heterocycles. The molecule has 0 atom stereocenters. The number of nitrogens with zero attached hydrogens (tertiary/aromatic N) is 5. The number of esters is 1. The molecule has 0 N–H and O–H groups in total. The quantitative estimate of drug-likeness (QED) is 0.484. The van der Waals surface area contributed by atoms with E-state index in [1.165, 1.54) is 19.2 Å². The average molecular weight is 401 g/mol. The molecular weight excluding hydrogens is 389 g/mol. The Morgan fingerprint density at radius 1 is 1.25 bits per heavy atom. The van der Waals surface area contributed by atoms with Gasteiger partial charge in [0.05, 0.1) is 23.6 Å². The van der Waals surface area contributed by atoms with E-state index in [-0.39, 0.29) is 16.9 Å². The van der Waals surface area contributed by atoms with Crippen molar-refractivity contribution < 1.29 is 31.5 Å². The lowest BCUT2D eigenvalue weighted by atomic mass is 10.1. The first-order valence-corrected chi connectivity index (χ1v) is 7.73. The molecule has 0 radical (unpaired) electrons. The number of carbonyl (C=O) groups excluding carboxylic acids is 1. The Kier molecular flexibility index (Phi) is 5.12. The third-order valence-corrected chi connectivity index (χ3v) is 3.79. The minimum Gasteiger partial charge on any atom is -0.456 e. The molecule has 1 aromatic carbocycles. The summed E-state index contributed by atoms with van der Waals surface area (Å²) in [7, 11) is 1.32. The van der Waals surface area contributed by atoms with Crippen molar-refractivity contribution in [1.82, 2.24) is 24.8 Å². The van der Waals surface area contributed by atoms with E-state index in [9.17, 15) is 26.7 Å². The van der Waals surface area contributed by atoms with Crippen molar-refractivity contribution in [3.05, 3.63) is 59.2 Å². The maximum absolute atomic E-state index is 13.1. The van der Waals surface area contributed by atoms with Crippen molar-refractivity contribution >= 4 is 5.97 Å². The number of para-hydroxylation sites is 1. The molecule has 0 aliphatic rings. The molecule has 3 rings (SSSR count). The van der Waals surface area contributed by atoms with E-state index in [1.54, 1.807) is 0 Å². The van der Waals surface area contributed by atoms with Gasteiger partial charge >= 0.3 is 12.1 Å². The van der Waals surface area contributed by atoms with Crippen LogP contribution in [0.15, 0.2) is 36.7 Å². The molecule has 7 nitrogen and oxygen atoms in total. The van der Waals surface area contributed by atoms with Gasteiger partial charge in [-0.25, -0.2) is 18.3 Å². The summed E-state index contributed by atoms with van der Waals surface area (Å²) in [5, 5.41) is 10.7. The number of halogens is 5. The summed E-state index contributed by atoms with van der Waals surface area (Å²) >= 11 is 0. The first-order chi connectivity index (χ1) is 13.2. The SMILES string of the molecule is Cn1ncc(COC(=O)c2cn(-c3ccccc3C(F)(F)F)nn2)c1C(F)F. The van der Waals surface area contributed by atoms with Crippen molar-refractivity contribution in [2.45, 2.75) is 19.2 Å². The topological polar surface area (TPSA) is 74.8 Å². The molecular formula is C16H12F5N5O2. The van der Waals surface area contributed by atoms with E-state index in [0.717, 1.165) is 33.9 Å². The van der Waals surface area contributed by atoms with E-state index < -0.39 is 36.4 Å². The van der Waals surface area contributed by atoms with Crippen LogP contribution in [0.1, 0.15) is 33.7 Å². The van der Waals surface area contributed by atoms with Crippen molar-refractivity contribution in [3.8, 4) is 5.69 Å². The third-order valence-electron chi connectivity index (χ3n) is 3.79. The molecule has 0 unspecified atom stereocenters. The van der Waals surface area contributed by atoms with Crippen LogP contribution in [0, 0.1) is 0 Å². The zero-order valence-corrected chi connectivity index (χ0v) is 14.2. The average Bonchev–Trinajstić information content (AvgIpc) is 3.26. The van der Waals surface area contributed by atoms with Gasteiger partial charge in [-0.2, -0.15) is 18.3 Å². The highest BCUT2D eigenvalue weighted by molar-refractivity contribution is 5.86. The number of benzene rings is 1. The van der Waals surface area contributed by atoms with Gasteiger partial charge in [-0.05, 0) is 12.1 Å². The van der Waals surface area contributed by atoms with Crippen LogP contribution in [0.3, 0.4) is 0 Å². The fourth-order valence-electron chi connectivity index (χ4n) is 2.49. The van der Waals surface area contributed by atoms with Crippen LogP contribution in [0.4, 0.5) is 22.0 Å². The third kappa shape index (κ3) is 3.85. The molecule has 2 aromatic heterocycles. The van der Waals surface area contributed by atoms with Gasteiger partial charge in [0.1, 0.15) is 12.3 Å². The molecule has 148 valence electrons. The van der Waals surface area contributed by atoms with Crippen LogP contribution in [-0.4, -0.2) is 30.7 Å². The highest BCUT2D eigenvalue weighted by Crippen LogP contribution is 2.33. The second kappa shape index (κ2) is 7.37. The van der Waals surface area contributed by atoms with Crippen LogP contribution < -0.4 is 0 Å². The first kappa shape index (κ1) is 19.5. The monoisotopic (exact) mass is 401 g/mol. The van der Waals surface area contributed by atoms with Crippen LogP contribution >= 0.6 is 0 Å². The summed E-state index contributed by atoms with van der Waals surface area (Å²) < 4.78 is 71.9. The minimum atomic E-state index is -4.63. The molecule has 28 heavy (non-hydrogen) atoms. The number of alkyl halides is 5. The van der Waals surface area contributed by atoms with Gasteiger partial charge < -0.3 is 4.74 Å². The minimum absolute atomic E-state index is 0.000610. The van der Waals surface area contributed by atoms with Gasteiger partial charge in [0, 0.05) is 12.6 Å². The number of ether oxygens (including phenoxy) is 1. The molecule has 3 aromatic rings. The van der Waals surface area contributed by atoms with Gasteiger partial charge in [-0.3, -0.25) is 4.68 Å². The van der Waals surface area contributed by atoms with Crippen molar-refractivity contribution in [2.24, 2.45) is 7.05 Å². The summed E-state index contributed by atoms with van der Waals surface area (Å²) in [5.41, 5.74) is -2.07. The summed E-state index contributed by atoms with van der Waals surface area (Å²) in [5.74, 6) is -1.03. The van der Waals surface area contributed by atoms with Crippen molar-refractivity contribution in [2.75, 3.05) is 0 Å². The van der Waals surface area contributed by atoms with E-state index >= 15 is 0 Å². The predicted molar refractivity (Wildman–Crippen MR) is 83.6 cm³/mol. The van der Waals surface area contributed by atoms with E-state index in [1.807, 2.05) is 0 Å². The Morgan fingerprint density at radius 3 is 2.64 bits per heavy atom. The number of hydrogen-bond donors (Lipinski definition) is 0. The molecule has 0 bridgehead atoms. The zero-order chi connectivity index (χ0) is 20.5. The van der Waals surface area contributed by atoms with Crippen LogP contribution in [0.2, 0.25) is 0 Å². The lowest BCUT2D eigenvalue weighted by Crippen LogP contribution is -2.11. The van der Waals surface area contributed by atoms with E-state index in [0.29, 0.717) is 0 Å². The van der Waals surface area contributed by atoms with E-state index in [2.05, 4.69) is 15.4 Å². The van der Waals surface area contributed by atoms with Gasteiger partial charge in [-0.15, -0.1) is 5.10 Å². The lowest BCUT2D eigenvalue weighted by molar-refractivity contribution is -0.137.